The zero-order valence-corrected chi connectivity index (χ0v) is 9.17. The summed E-state index contributed by atoms with van der Waals surface area (Å²) in [7, 11) is 1.34. The van der Waals surface area contributed by atoms with Gasteiger partial charge >= 0.3 is 5.97 Å². The quantitative estimate of drug-likeness (QED) is 0.444. The molecule has 0 N–H and O–H groups in total. The Morgan fingerprint density at radius 1 is 1.44 bits per heavy atom. The molecule has 0 aliphatic carbocycles. The van der Waals surface area contributed by atoms with Gasteiger partial charge in [0.25, 0.3) is 5.69 Å². The first-order valence-corrected chi connectivity index (χ1v) is 4.85. The lowest BCUT2D eigenvalue weighted by Gasteiger charge is -2.08. The van der Waals surface area contributed by atoms with Gasteiger partial charge in [-0.2, -0.15) is 0 Å². The van der Waals surface area contributed by atoms with E-state index in [2.05, 4.69) is 4.74 Å². The molecule has 1 rings (SSSR count). The maximum atomic E-state index is 11.2. The molecule has 0 saturated carbocycles. The summed E-state index contributed by atoms with van der Waals surface area (Å²) in [5.74, 6) is -0.523. The Morgan fingerprint density at radius 3 is 2.44 bits per heavy atom. The summed E-state index contributed by atoms with van der Waals surface area (Å²) in [6.45, 7) is 1.76. The minimum Gasteiger partial charge on any atom is -0.469 e. The van der Waals surface area contributed by atoms with Crippen molar-refractivity contribution in [2.75, 3.05) is 7.11 Å². The van der Waals surface area contributed by atoms with E-state index in [1.165, 1.54) is 19.2 Å². The number of nitro benzene ring substituents is 1. The van der Waals surface area contributed by atoms with Crippen LogP contribution in [0, 0.1) is 16.0 Å². The maximum Gasteiger partial charge on any atom is 0.308 e. The molecule has 0 amide bonds. The summed E-state index contributed by atoms with van der Waals surface area (Å²) < 4.78 is 4.60. The van der Waals surface area contributed by atoms with Crippen LogP contribution in [0.15, 0.2) is 24.3 Å². The number of nitrogens with zero attached hydrogens (tertiary/aromatic N) is 1. The van der Waals surface area contributed by atoms with Crippen LogP contribution >= 0.6 is 0 Å². The highest BCUT2D eigenvalue weighted by Crippen LogP contribution is 2.15. The molecule has 5 heteroatoms. The second-order valence-corrected chi connectivity index (χ2v) is 3.55. The Kier molecular flexibility index (Phi) is 3.99. The van der Waals surface area contributed by atoms with Gasteiger partial charge in [0.1, 0.15) is 0 Å². The van der Waals surface area contributed by atoms with Crippen LogP contribution in [0.1, 0.15) is 12.5 Å². The van der Waals surface area contributed by atoms with Gasteiger partial charge in [0, 0.05) is 12.1 Å². The van der Waals surface area contributed by atoms with Crippen molar-refractivity contribution in [1.29, 1.82) is 0 Å². The summed E-state index contributed by atoms with van der Waals surface area (Å²) in [4.78, 5) is 21.1. The van der Waals surface area contributed by atoms with Crippen molar-refractivity contribution in [2.45, 2.75) is 13.3 Å². The van der Waals surface area contributed by atoms with Crippen LogP contribution < -0.4 is 0 Å². The van der Waals surface area contributed by atoms with Crippen LogP contribution in [0.5, 0.6) is 0 Å². The number of benzene rings is 1. The van der Waals surface area contributed by atoms with Gasteiger partial charge in [-0.1, -0.05) is 19.1 Å². The Bertz CT molecular complexity index is 385. The highest BCUT2D eigenvalue weighted by Gasteiger charge is 2.14. The van der Waals surface area contributed by atoms with Gasteiger partial charge in [0.15, 0.2) is 0 Å². The van der Waals surface area contributed by atoms with Gasteiger partial charge in [0.05, 0.1) is 18.0 Å². The molecule has 0 fully saturated rings. The minimum absolute atomic E-state index is 0.0504. The number of hydrogen-bond donors (Lipinski definition) is 0. The predicted octanol–water partition coefficient (Wildman–Crippen LogP) is 1.95. The van der Waals surface area contributed by atoms with Crippen LogP contribution in [0.2, 0.25) is 0 Å². The zero-order valence-electron chi connectivity index (χ0n) is 9.17. The van der Waals surface area contributed by atoms with Crippen molar-refractivity contribution in [3.8, 4) is 0 Å². The molecule has 16 heavy (non-hydrogen) atoms. The Morgan fingerprint density at radius 2 is 2.00 bits per heavy atom. The highest BCUT2D eigenvalue weighted by atomic mass is 16.6. The summed E-state index contributed by atoms with van der Waals surface area (Å²) >= 11 is 0. The fraction of sp³-hybridized carbons (Fsp3) is 0.364. The van der Waals surface area contributed by atoms with Crippen molar-refractivity contribution in [1.82, 2.24) is 0 Å². The molecule has 0 spiro atoms. The highest BCUT2D eigenvalue weighted by molar-refractivity contribution is 5.72. The molecule has 0 aromatic heterocycles. The molecule has 0 aliphatic rings. The number of ether oxygens (including phenoxy) is 1. The van der Waals surface area contributed by atoms with E-state index < -0.39 is 4.92 Å². The topological polar surface area (TPSA) is 69.4 Å². The second kappa shape index (κ2) is 5.25. The van der Waals surface area contributed by atoms with E-state index in [-0.39, 0.29) is 17.6 Å². The standard InChI is InChI=1S/C11H13NO4/c1-8(11(13)16-2)7-9-3-5-10(6-4-9)12(14)15/h3-6,8H,7H2,1-2H3/t8-/m1/s1. The zero-order chi connectivity index (χ0) is 12.1. The number of carbonyl (C=O) groups excluding carboxylic acids is 1. The summed E-state index contributed by atoms with van der Waals surface area (Å²) in [5.41, 5.74) is 0.929. The molecule has 0 unspecified atom stereocenters. The van der Waals surface area contributed by atoms with E-state index in [4.69, 9.17) is 0 Å². The number of methoxy groups -OCH3 is 1. The van der Waals surface area contributed by atoms with Gasteiger partial charge in [-0.3, -0.25) is 14.9 Å². The summed E-state index contributed by atoms with van der Waals surface area (Å²) in [6, 6.07) is 6.16. The first kappa shape index (κ1) is 12.2. The molecule has 0 saturated heterocycles. The van der Waals surface area contributed by atoms with Crippen LogP contribution in [-0.4, -0.2) is 18.0 Å². The monoisotopic (exact) mass is 223 g/mol. The number of rotatable bonds is 4. The van der Waals surface area contributed by atoms with E-state index >= 15 is 0 Å². The van der Waals surface area contributed by atoms with E-state index in [1.54, 1.807) is 19.1 Å². The first-order chi connectivity index (χ1) is 7.54. The Labute approximate surface area is 93.2 Å². The van der Waals surface area contributed by atoms with E-state index in [1.807, 2.05) is 0 Å². The van der Waals surface area contributed by atoms with Gasteiger partial charge in [-0.25, -0.2) is 0 Å². The molecule has 0 heterocycles. The summed E-state index contributed by atoms with van der Waals surface area (Å²) in [6.07, 6.45) is 0.519. The lowest BCUT2D eigenvalue weighted by Crippen LogP contribution is -2.15. The van der Waals surface area contributed by atoms with Crippen molar-refractivity contribution < 1.29 is 14.5 Å². The van der Waals surface area contributed by atoms with Crippen LogP contribution in [0.4, 0.5) is 5.69 Å². The molecular weight excluding hydrogens is 210 g/mol. The second-order valence-electron chi connectivity index (χ2n) is 3.55. The molecule has 1 aromatic carbocycles. The number of carbonyl (C=O) groups is 1. The number of non-ortho nitro benzene ring substituents is 1. The van der Waals surface area contributed by atoms with Crippen molar-refractivity contribution >= 4 is 11.7 Å². The largest absolute Gasteiger partial charge is 0.469 e. The number of esters is 1. The van der Waals surface area contributed by atoms with Crippen LogP contribution in [0.25, 0.3) is 0 Å². The third-order valence-electron chi connectivity index (χ3n) is 2.29. The lowest BCUT2D eigenvalue weighted by molar-refractivity contribution is -0.384. The molecule has 1 aromatic rings. The molecule has 0 bridgehead atoms. The van der Waals surface area contributed by atoms with Crippen molar-refractivity contribution in [3.05, 3.63) is 39.9 Å². The smallest absolute Gasteiger partial charge is 0.308 e. The Hall–Kier alpha value is -1.91. The van der Waals surface area contributed by atoms with Crippen LogP contribution in [-0.2, 0) is 16.0 Å². The lowest BCUT2D eigenvalue weighted by atomic mass is 10.0. The van der Waals surface area contributed by atoms with E-state index in [0.29, 0.717) is 6.42 Å². The SMILES string of the molecule is COC(=O)[C@H](C)Cc1ccc([N+](=O)[O-])cc1. The molecule has 86 valence electrons. The van der Waals surface area contributed by atoms with E-state index in [9.17, 15) is 14.9 Å². The van der Waals surface area contributed by atoms with Crippen molar-refractivity contribution in [3.63, 3.8) is 0 Å². The van der Waals surface area contributed by atoms with E-state index in [0.717, 1.165) is 5.56 Å². The van der Waals surface area contributed by atoms with Gasteiger partial charge in [0.2, 0.25) is 0 Å². The minimum atomic E-state index is -0.451. The van der Waals surface area contributed by atoms with Gasteiger partial charge in [-0.15, -0.1) is 0 Å². The fourth-order valence-electron chi connectivity index (χ4n) is 1.39. The summed E-state index contributed by atoms with van der Waals surface area (Å²) in [5, 5.41) is 10.4. The van der Waals surface area contributed by atoms with Gasteiger partial charge < -0.3 is 4.74 Å². The predicted molar refractivity (Wildman–Crippen MR) is 58.0 cm³/mol. The Balaban J connectivity index is 2.68. The normalized spacial score (nSPS) is 11.9. The molecule has 5 nitrogen and oxygen atoms in total. The van der Waals surface area contributed by atoms with Crippen molar-refractivity contribution in [2.24, 2.45) is 5.92 Å². The first-order valence-electron chi connectivity index (χ1n) is 4.85. The average molecular weight is 223 g/mol. The average Bonchev–Trinajstić information content (AvgIpc) is 2.28. The van der Waals surface area contributed by atoms with Gasteiger partial charge in [-0.05, 0) is 12.0 Å². The maximum absolute atomic E-state index is 11.2. The molecular formula is C11H13NO4. The number of hydrogen-bond acceptors (Lipinski definition) is 4. The molecule has 0 radical (unpaired) electrons. The third-order valence-corrected chi connectivity index (χ3v) is 2.29. The molecule has 0 aliphatic heterocycles. The number of nitro groups is 1. The van der Waals surface area contributed by atoms with Crippen LogP contribution in [0.3, 0.4) is 0 Å². The third kappa shape index (κ3) is 3.05. The fourth-order valence-corrected chi connectivity index (χ4v) is 1.39. The molecule has 1 atom stereocenters.